The van der Waals surface area contributed by atoms with E-state index in [9.17, 15) is 10.2 Å². The van der Waals surface area contributed by atoms with Crippen LogP contribution in [0.25, 0.3) is 0 Å². The van der Waals surface area contributed by atoms with Crippen LogP contribution in [0.1, 0.15) is 32.8 Å². The van der Waals surface area contributed by atoms with Gasteiger partial charge in [-0.3, -0.25) is 4.90 Å². The Kier molecular flexibility index (Phi) is 5.98. The first-order chi connectivity index (χ1) is 10.4. The zero-order valence-electron chi connectivity index (χ0n) is 13.9. The molecule has 0 aliphatic carbocycles. The van der Waals surface area contributed by atoms with Crippen molar-refractivity contribution in [1.82, 2.24) is 4.90 Å². The van der Waals surface area contributed by atoms with Crippen molar-refractivity contribution in [1.29, 1.82) is 0 Å². The zero-order valence-corrected chi connectivity index (χ0v) is 13.9. The highest BCUT2D eigenvalue weighted by Gasteiger charge is 2.32. The minimum atomic E-state index is -0.851. The summed E-state index contributed by atoms with van der Waals surface area (Å²) in [7, 11) is 0. The quantitative estimate of drug-likeness (QED) is 0.844. The van der Waals surface area contributed by atoms with E-state index in [0.717, 1.165) is 26.1 Å². The molecule has 4 heteroatoms. The van der Waals surface area contributed by atoms with E-state index in [4.69, 9.17) is 4.74 Å². The third kappa shape index (κ3) is 5.06. The Labute approximate surface area is 133 Å². The molecular weight excluding hydrogens is 278 g/mol. The molecule has 0 bridgehead atoms. The number of aliphatic hydroxyl groups excluding tert-OH is 1. The van der Waals surface area contributed by atoms with Crippen LogP contribution in [0.5, 0.6) is 0 Å². The van der Waals surface area contributed by atoms with Gasteiger partial charge in [0.25, 0.3) is 0 Å². The predicted molar refractivity (Wildman–Crippen MR) is 87.5 cm³/mol. The maximum absolute atomic E-state index is 10.1. The highest BCUT2D eigenvalue weighted by atomic mass is 16.5. The molecule has 4 nitrogen and oxygen atoms in total. The predicted octanol–water partition coefficient (Wildman–Crippen LogP) is 2.05. The number of benzene rings is 1. The molecule has 2 N–H and O–H groups in total. The van der Waals surface area contributed by atoms with Crippen LogP contribution in [0.15, 0.2) is 30.3 Å². The molecule has 0 amide bonds. The van der Waals surface area contributed by atoms with Gasteiger partial charge in [-0.05, 0) is 38.7 Å². The number of hydrogen-bond donors (Lipinski definition) is 2. The van der Waals surface area contributed by atoms with E-state index in [-0.39, 0.29) is 24.7 Å². The highest BCUT2D eigenvalue weighted by Crippen LogP contribution is 2.24. The van der Waals surface area contributed by atoms with Crippen LogP contribution in [-0.2, 0) is 11.3 Å². The normalized spacial score (nSPS) is 25.1. The fraction of sp³-hybridized carbons (Fsp3) is 0.667. The van der Waals surface area contributed by atoms with Crippen LogP contribution in [0.3, 0.4) is 0 Å². The van der Waals surface area contributed by atoms with Gasteiger partial charge in [0, 0.05) is 26.2 Å². The molecule has 124 valence electrons. The summed E-state index contributed by atoms with van der Waals surface area (Å²) >= 11 is 0. The van der Waals surface area contributed by atoms with Gasteiger partial charge in [-0.15, -0.1) is 0 Å². The lowest BCUT2D eigenvalue weighted by atomic mass is 9.95. The van der Waals surface area contributed by atoms with Gasteiger partial charge in [0.2, 0.25) is 0 Å². The van der Waals surface area contributed by atoms with Crippen LogP contribution in [0, 0.1) is 5.92 Å². The van der Waals surface area contributed by atoms with Crippen molar-refractivity contribution in [3.63, 3.8) is 0 Å². The summed E-state index contributed by atoms with van der Waals surface area (Å²) in [4.78, 5) is 2.33. The van der Waals surface area contributed by atoms with E-state index in [1.807, 2.05) is 25.1 Å². The lowest BCUT2D eigenvalue weighted by molar-refractivity contribution is -0.132. The van der Waals surface area contributed by atoms with Crippen LogP contribution in [0.4, 0.5) is 0 Å². The average Bonchev–Trinajstić information content (AvgIpc) is 2.47. The van der Waals surface area contributed by atoms with Crippen molar-refractivity contribution in [2.45, 2.75) is 51.5 Å². The van der Waals surface area contributed by atoms with Crippen molar-refractivity contribution < 1.29 is 14.9 Å². The molecular formula is C18H29NO3. The Morgan fingerprint density at radius 3 is 2.55 bits per heavy atom. The highest BCUT2D eigenvalue weighted by molar-refractivity contribution is 5.14. The fourth-order valence-electron chi connectivity index (χ4n) is 2.91. The minimum absolute atomic E-state index is 0.0519. The topological polar surface area (TPSA) is 52.9 Å². The summed E-state index contributed by atoms with van der Waals surface area (Å²) < 4.78 is 6.05. The second-order valence-electron chi connectivity index (χ2n) is 7.02. The molecule has 1 heterocycles. The number of hydrogen-bond acceptors (Lipinski definition) is 4. The molecule has 1 aromatic carbocycles. The standard InChI is InChI=1S/C18H29NO3/c1-14(18(2,3)21)22-17-9-16(13-20)11-19(12-17)10-15-7-5-4-6-8-15/h4-8,14,16-17,20-21H,9-13H2,1-3H3. The van der Waals surface area contributed by atoms with Crippen LogP contribution in [-0.4, -0.2) is 52.6 Å². The van der Waals surface area contributed by atoms with Crippen LogP contribution >= 0.6 is 0 Å². The number of nitrogens with zero attached hydrogens (tertiary/aromatic N) is 1. The first-order valence-electron chi connectivity index (χ1n) is 8.13. The number of rotatable bonds is 6. The third-order valence-corrected chi connectivity index (χ3v) is 4.47. The average molecular weight is 307 g/mol. The maximum atomic E-state index is 10.1. The molecule has 3 unspecified atom stereocenters. The number of aliphatic hydroxyl groups is 2. The van der Waals surface area contributed by atoms with E-state index in [1.165, 1.54) is 5.56 Å². The third-order valence-electron chi connectivity index (χ3n) is 4.47. The molecule has 0 radical (unpaired) electrons. The van der Waals surface area contributed by atoms with Gasteiger partial charge >= 0.3 is 0 Å². The van der Waals surface area contributed by atoms with Gasteiger partial charge in [-0.2, -0.15) is 0 Å². The van der Waals surface area contributed by atoms with Crippen molar-refractivity contribution in [3.8, 4) is 0 Å². The van der Waals surface area contributed by atoms with Crippen LogP contribution < -0.4 is 0 Å². The molecule has 1 aliphatic rings. The van der Waals surface area contributed by atoms with E-state index >= 15 is 0 Å². The van der Waals surface area contributed by atoms with Gasteiger partial charge in [0.1, 0.15) is 0 Å². The molecule has 1 saturated heterocycles. The van der Waals surface area contributed by atoms with E-state index < -0.39 is 5.60 Å². The Morgan fingerprint density at radius 2 is 1.95 bits per heavy atom. The first-order valence-corrected chi connectivity index (χ1v) is 8.13. The summed E-state index contributed by atoms with van der Waals surface area (Å²) in [5.74, 6) is 0.233. The lowest BCUT2D eigenvalue weighted by Gasteiger charge is -2.39. The van der Waals surface area contributed by atoms with Crippen molar-refractivity contribution in [2.75, 3.05) is 19.7 Å². The summed E-state index contributed by atoms with van der Waals surface area (Å²) in [5.41, 5.74) is 0.423. The van der Waals surface area contributed by atoms with Gasteiger partial charge in [-0.25, -0.2) is 0 Å². The lowest BCUT2D eigenvalue weighted by Crippen LogP contribution is -2.48. The monoisotopic (exact) mass is 307 g/mol. The summed E-state index contributed by atoms with van der Waals surface area (Å²) in [6.07, 6.45) is 0.673. The molecule has 1 aliphatic heterocycles. The smallest absolute Gasteiger partial charge is 0.0849 e. The van der Waals surface area contributed by atoms with Crippen LogP contribution in [0.2, 0.25) is 0 Å². The molecule has 0 spiro atoms. The summed E-state index contributed by atoms with van der Waals surface area (Å²) in [6.45, 7) is 8.23. The number of ether oxygens (including phenoxy) is 1. The van der Waals surface area contributed by atoms with Gasteiger partial charge < -0.3 is 14.9 Å². The Hall–Kier alpha value is -0.940. The Morgan fingerprint density at radius 1 is 1.27 bits per heavy atom. The maximum Gasteiger partial charge on any atom is 0.0849 e. The molecule has 0 saturated carbocycles. The number of piperidine rings is 1. The number of likely N-dealkylation sites (tertiary alicyclic amines) is 1. The Bertz CT molecular complexity index is 443. The molecule has 2 rings (SSSR count). The summed E-state index contributed by atoms with van der Waals surface area (Å²) in [5, 5.41) is 19.6. The largest absolute Gasteiger partial charge is 0.396 e. The van der Waals surface area contributed by atoms with Gasteiger partial charge in [-0.1, -0.05) is 30.3 Å². The van der Waals surface area contributed by atoms with E-state index in [2.05, 4.69) is 17.0 Å². The minimum Gasteiger partial charge on any atom is -0.396 e. The van der Waals surface area contributed by atoms with Crippen molar-refractivity contribution >= 4 is 0 Å². The molecule has 1 fully saturated rings. The molecule has 22 heavy (non-hydrogen) atoms. The summed E-state index contributed by atoms with van der Waals surface area (Å²) in [6, 6.07) is 10.4. The van der Waals surface area contributed by atoms with E-state index in [1.54, 1.807) is 13.8 Å². The molecule has 1 aromatic rings. The van der Waals surface area contributed by atoms with Gasteiger partial charge in [0.15, 0.2) is 0 Å². The second-order valence-corrected chi connectivity index (χ2v) is 7.02. The SMILES string of the molecule is CC(OC1CC(CO)CN(Cc2ccccc2)C1)C(C)(C)O. The van der Waals surface area contributed by atoms with E-state index in [0.29, 0.717) is 0 Å². The molecule has 3 atom stereocenters. The fourth-order valence-corrected chi connectivity index (χ4v) is 2.91. The van der Waals surface area contributed by atoms with Gasteiger partial charge in [0.05, 0.1) is 17.8 Å². The zero-order chi connectivity index (χ0) is 16.2. The van der Waals surface area contributed by atoms with Crippen molar-refractivity contribution in [2.24, 2.45) is 5.92 Å². The Balaban J connectivity index is 1.97. The molecule has 0 aromatic heterocycles. The van der Waals surface area contributed by atoms with Crippen molar-refractivity contribution in [3.05, 3.63) is 35.9 Å². The first kappa shape index (κ1) is 17.4. The second kappa shape index (κ2) is 7.55.